The van der Waals surface area contributed by atoms with Gasteiger partial charge in [0.05, 0.1) is 11.7 Å². The number of carboxylic acids is 1. The van der Waals surface area contributed by atoms with Gasteiger partial charge in [0.25, 0.3) is 0 Å². The number of carboxylic acid groups (broad SMARTS) is 1. The molecule has 0 aliphatic carbocycles. The molecule has 0 amide bonds. The highest BCUT2D eigenvalue weighted by atomic mass is 16.5. The summed E-state index contributed by atoms with van der Waals surface area (Å²) < 4.78 is 5.88. The molecule has 0 atom stereocenters. The standard InChI is InChI=1S/C24H28O4/c1-14(2)18-7-9-19(10-8-18)21(25)12-11-20-13-16(5)22(24(26)27)17(6)23(20)28-15(3)4/h7-15H,1-6H3,(H,26,27)/b12-11+. The first kappa shape index (κ1) is 21.4. The van der Waals surface area contributed by atoms with Crippen LogP contribution in [-0.2, 0) is 0 Å². The van der Waals surface area contributed by atoms with Crippen molar-refractivity contribution in [1.82, 2.24) is 0 Å². The van der Waals surface area contributed by atoms with E-state index in [4.69, 9.17) is 4.74 Å². The number of rotatable bonds is 7. The Balaban J connectivity index is 2.40. The molecule has 0 saturated heterocycles. The fourth-order valence-corrected chi connectivity index (χ4v) is 3.14. The van der Waals surface area contributed by atoms with Crippen molar-refractivity contribution in [3.8, 4) is 5.75 Å². The minimum Gasteiger partial charge on any atom is -0.490 e. The van der Waals surface area contributed by atoms with Crippen LogP contribution < -0.4 is 4.74 Å². The summed E-state index contributed by atoms with van der Waals surface area (Å²) in [6.45, 7) is 11.5. The highest BCUT2D eigenvalue weighted by Crippen LogP contribution is 2.31. The van der Waals surface area contributed by atoms with Crippen LogP contribution in [0.2, 0.25) is 0 Å². The molecule has 2 aromatic carbocycles. The van der Waals surface area contributed by atoms with Crippen LogP contribution in [0.1, 0.15) is 76.6 Å². The fraction of sp³-hybridized carbons (Fsp3) is 0.333. The summed E-state index contributed by atoms with van der Waals surface area (Å²) >= 11 is 0. The number of ether oxygens (including phenoxy) is 1. The van der Waals surface area contributed by atoms with Gasteiger partial charge in [-0.15, -0.1) is 0 Å². The highest BCUT2D eigenvalue weighted by Gasteiger charge is 2.19. The van der Waals surface area contributed by atoms with Crippen LogP contribution in [0.25, 0.3) is 6.08 Å². The van der Waals surface area contributed by atoms with Gasteiger partial charge in [0.2, 0.25) is 0 Å². The Bertz CT molecular complexity index is 903. The topological polar surface area (TPSA) is 63.6 Å². The lowest BCUT2D eigenvalue weighted by Crippen LogP contribution is -2.12. The molecule has 0 spiro atoms. The molecule has 0 aromatic heterocycles. The average molecular weight is 380 g/mol. The number of aryl methyl sites for hydroxylation is 1. The Hall–Kier alpha value is -2.88. The van der Waals surface area contributed by atoms with E-state index in [2.05, 4.69) is 13.8 Å². The Kier molecular flexibility index (Phi) is 6.79. The predicted octanol–water partition coefficient (Wildman–Crippen LogP) is 5.81. The van der Waals surface area contributed by atoms with E-state index in [1.54, 1.807) is 26.0 Å². The molecular formula is C24H28O4. The van der Waals surface area contributed by atoms with Gasteiger partial charge < -0.3 is 9.84 Å². The molecule has 0 heterocycles. The molecule has 2 rings (SSSR count). The fourth-order valence-electron chi connectivity index (χ4n) is 3.14. The van der Waals surface area contributed by atoms with Crippen molar-refractivity contribution in [2.75, 3.05) is 0 Å². The van der Waals surface area contributed by atoms with Crippen LogP contribution in [0.3, 0.4) is 0 Å². The summed E-state index contributed by atoms with van der Waals surface area (Å²) in [7, 11) is 0. The number of carbonyl (C=O) groups is 2. The summed E-state index contributed by atoms with van der Waals surface area (Å²) in [6, 6.07) is 9.35. The monoisotopic (exact) mass is 380 g/mol. The summed E-state index contributed by atoms with van der Waals surface area (Å²) in [5, 5.41) is 9.50. The van der Waals surface area contributed by atoms with Crippen molar-refractivity contribution in [2.24, 2.45) is 0 Å². The van der Waals surface area contributed by atoms with Gasteiger partial charge in [0, 0.05) is 16.7 Å². The second-order valence-corrected chi connectivity index (χ2v) is 7.56. The van der Waals surface area contributed by atoms with E-state index < -0.39 is 5.97 Å². The van der Waals surface area contributed by atoms with Gasteiger partial charge in [-0.05, 0) is 63.0 Å². The Morgan fingerprint density at radius 3 is 2.14 bits per heavy atom. The maximum atomic E-state index is 12.6. The van der Waals surface area contributed by atoms with Crippen molar-refractivity contribution in [3.63, 3.8) is 0 Å². The van der Waals surface area contributed by atoms with Crippen molar-refractivity contribution in [1.29, 1.82) is 0 Å². The minimum atomic E-state index is -0.986. The zero-order chi connectivity index (χ0) is 21.0. The summed E-state index contributed by atoms with van der Waals surface area (Å²) in [6.07, 6.45) is 3.09. The van der Waals surface area contributed by atoms with Gasteiger partial charge in [-0.3, -0.25) is 4.79 Å². The molecule has 0 unspecified atom stereocenters. The van der Waals surface area contributed by atoms with Gasteiger partial charge in [-0.1, -0.05) is 38.1 Å². The number of ketones is 1. The van der Waals surface area contributed by atoms with E-state index in [1.807, 2.05) is 38.1 Å². The zero-order valence-electron chi connectivity index (χ0n) is 17.4. The largest absolute Gasteiger partial charge is 0.490 e. The number of hydrogen-bond donors (Lipinski definition) is 1. The smallest absolute Gasteiger partial charge is 0.336 e. The molecule has 0 fully saturated rings. The van der Waals surface area contributed by atoms with Crippen LogP contribution in [0.15, 0.2) is 36.4 Å². The first-order chi connectivity index (χ1) is 13.1. The van der Waals surface area contributed by atoms with Gasteiger partial charge in [-0.25, -0.2) is 4.79 Å². The summed E-state index contributed by atoms with van der Waals surface area (Å²) in [5.74, 6) is -0.185. The third-order valence-corrected chi connectivity index (χ3v) is 4.59. The zero-order valence-corrected chi connectivity index (χ0v) is 17.4. The maximum Gasteiger partial charge on any atom is 0.336 e. The molecule has 2 aromatic rings. The van der Waals surface area contributed by atoms with Crippen LogP contribution in [0, 0.1) is 13.8 Å². The normalized spacial score (nSPS) is 11.4. The third kappa shape index (κ3) is 4.89. The lowest BCUT2D eigenvalue weighted by molar-refractivity contribution is 0.0694. The van der Waals surface area contributed by atoms with Crippen LogP contribution in [0.5, 0.6) is 5.75 Å². The molecule has 0 saturated carbocycles. The van der Waals surface area contributed by atoms with E-state index in [0.717, 1.165) is 0 Å². The van der Waals surface area contributed by atoms with E-state index in [-0.39, 0.29) is 17.5 Å². The van der Waals surface area contributed by atoms with Crippen molar-refractivity contribution in [3.05, 3.63) is 69.8 Å². The van der Waals surface area contributed by atoms with Gasteiger partial charge >= 0.3 is 5.97 Å². The van der Waals surface area contributed by atoms with Gasteiger partial charge in [0.15, 0.2) is 5.78 Å². The molecule has 4 nitrogen and oxygen atoms in total. The number of benzene rings is 2. The molecule has 148 valence electrons. The van der Waals surface area contributed by atoms with Crippen molar-refractivity contribution < 1.29 is 19.4 Å². The quantitative estimate of drug-likeness (QED) is 0.486. The van der Waals surface area contributed by atoms with Crippen LogP contribution in [0.4, 0.5) is 0 Å². The first-order valence-corrected chi connectivity index (χ1v) is 9.48. The van der Waals surface area contributed by atoms with Crippen molar-refractivity contribution >= 4 is 17.8 Å². The minimum absolute atomic E-state index is 0.108. The Morgan fingerprint density at radius 2 is 1.64 bits per heavy atom. The Morgan fingerprint density at radius 1 is 1.04 bits per heavy atom. The second-order valence-electron chi connectivity index (χ2n) is 7.56. The summed E-state index contributed by atoms with van der Waals surface area (Å²) in [4.78, 5) is 24.1. The number of hydrogen-bond acceptors (Lipinski definition) is 3. The summed E-state index contributed by atoms with van der Waals surface area (Å²) in [5.41, 5.74) is 3.93. The number of carbonyl (C=O) groups excluding carboxylic acids is 1. The highest BCUT2D eigenvalue weighted by molar-refractivity contribution is 6.07. The van der Waals surface area contributed by atoms with Gasteiger partial charge in [-0.2, -0.15) is 0 Å². The average Bonchev–Trinajstić information content (AvgIpc) is 2.61. The van der Waals surface area contributed by atoms with Crippen LogP contribution >= 0.6 is 0 Å². The van der Waals surface area contributed by atoms with Crippen molar-refractivity contribution in [2.45, 2.75) is 53.6 Å². The molecule has 0 radical (unpaired) electrons. The Labute approximate surface area is 166 Å². The molecule has 4 heteroatoms. The first-order valence-electron chi connectivity index (χ1n) is 9.48. The maximum absolute atomic E-state index is 12.6. The third-order valence-electron chi connectivity index (χ3n) is 4.59. The van der Waals surface area contributed by atoms with E-state index in [1.165, 1.54) is 11.6 Å². The number of allylic oxidation sites excluding steroid dienone is 1. The van der Waals surface area contributed by atoms with Gasteiger partial charge in [0.1, 0.15) is 5.75 Å². The lowest BCUT2D eigenvalue weighted by atomic mass is 9.96. The molecule has 0 aliphatic heterocycles. The molecule has 28 heavy (non-hydrogen) atoms. The predicted molar refractivity (Wildman–Crippen MR) is 113 cm³/mol. The van der Waals surface area contributed by atoms with E-state index in [0.29, 0.717) is 33.9 Å². The number of aromatic carboxylic acids is 1. The van der Waals surface area contributed by atoms with Crippen LogP contribution in [-0.4, -0.2) is 23.0 Å². The SMILES string of the molecule is Cc1cc(/C=C/C(=O)c2ccc(C(C)C)cc2)c(OC(C)C)c(C)c1C(=O)O. The molecular weight excluding hydrogens is 352 g/mol. The molecule has 0 bridgehead atoms. The molecule has 1 N–H and O–H groups in total. The lowest BCUT2D eigenvalue weighted by Gasteiger charge is -2.18. The van der Waals surface area contributed by atoms with E-state index >= 15 is 0 Å². The second kappa shape index (κ2) is 8.87. The van der Waals surface area contributed by atoms with E-state index in [9.17, 15) is 14.7 Å². The molecule has 0 aliphatic rings.